The summed E-state index contributed by atoms with van der Waals surface area (Å²) in [4.78, 5) is 0. The third-order valence-electron chi connectivity index (χ3n) is 1.40. The largest absolute Gasteiger partial charge is 0.371 e. The highest BCUT2D eigenvalue weighted by Gasteiger charge is 2.34. The van der Waals surface area contributed by atoms with Crippen molar-refractivity contribution in [3.05, 3.63) is 0 Å². The van der Waals surface area contributed by atoms with Crippen molar-refractivity contribution in [2.45, 2.75) is 17.5 Å². The number of hydrogen-bond donors (Lipinski definition) is 2. The zero-order valence-electron chi connectivity index (χ0n) is 5.09. The monoisotopic (exact) mass is 150 g/mol. The number of rotatable bonds is 3. The van der Waals surface area contributed by atoms with Gasteiger partial charge in [0.15, 0.2) is 0 Å². The van der Waals surface area contributed by atoms with E-state index < -0.39 is 0 Å². The first-order chi connectivity index (χ1) is 4.25. The third kappa shape index (κ3) is 1.79. The molecule has 1 rings (SSSR count). The molecule has 4 N–H and O–H groups in total. The quantitative estimate of drug-likeness (QED) is 0.412. The Morgan fingerprint density at radius 2 is 2.33 bits per heavy atom. The second kappa shape index (κ2) is 2.84. The van der Waals surface area contributed by atoms with Crippen LogP contribution in [0.5, 0.6) is 0 Å². The minimum absolute atomic E-state index is 0.102. The van der Waals surface area contributed by atoms with Crippen LogP contribution in [0, 0.1) is 0 Å². The molecule has 0 saturated carbocycles. The van der Waals surface area contributed by atoms with Crippen molar-refractivity contribution in [2.75, 3.05) is 13.2 Å². The second-order valence-electron chi connectivity index (χ2n) is 2.22. The van der Waals surface area contributed by atoms with Crippen LogP contribution in [0.1, 0.15) is 0 Å². The van der Waals surface area contributed by atoms with E-state index in [9.17, 15) is 0 Å². The molecule has 0 amide bonds. The fraction of sp³-hybridized carbons (Fsp3) is 1.00. The molecule has 1 aliphatic heterocycles. The molecule has 3 atom stereocenters. The molecule has 0 spiro atoms. The number of hydrogen-bond acceptors (Lipinski definition) is 3. The minimum Gasteiger partial charge on any atom is -0.371 e. The van der Waals surface area contributed by atoms with E-state index in [-0.39, 0.29) is 17.5 Å². The highest BCUT2D eigenvalue weighted by Crippen LogP contribution is 2.20. The molecule has 0 aromatic carbocycles. The molecular weight excluding hydrogens is 140 g/mol. The molecular formula is C5H11ClN2O. The second-order valence-corrected chi connectivity index (χ2v) is 2.72. The van der Waals surface area contributed by atoms with Gasteiger partial charge >= 0.3 is 0 Å². The van der Waals surface area contributed by atoms with Gasteiger partial charge in [0.1, 0.15) is 0 Å². The van der Waals surface area contributed by atoms with E-state index in [0.717, 1.165) is 6.61 Å². The smallest absolute Gasteiger partial charge is 0.0988 e. The Morgan fingerprint density at radius 1 is 1.78 bits per heavy atom. The van der Waals surface area contributed by atoms with Crippen molar-refractivity contribution in [3.8, 4) is 0 Å². The molecule has 54 valence electrons. The first-order valence-corrected chi connectivity index (χ1v) is 3.40. The summed E-state index contributed by atoms with van der Waals surface area (Å²) >= 11 is 5.80. The lowest BCUT2D eigenvalue weighted by atomic mass is 10.2. The Bertz CT molecular complexity index is 97.0. The van der Waals surface area contributed by atoms with E-state index in [1.807, 2.05) is 0 Å². The Kier molecular flexibility index (Phi) is 2.29. The highest BCUT2D eigenvalue weighted by atomic mass is 35.5. The molecule has 3 unspecified atom stereocenters. The van der Waals surface area contributed by atoms with E-state index in [0.29, 0.717) is 6.54 Å². The maximum atomic E-state index is 5.80. The average Bonchev–Trinajstić information content (AvgIpc) is 2.66. The van der Waals surface area contributed by atoms with Crippen LogP contribution in [0.15, 0.2) is 0 Å². The van der Waals surface area contributed by atoms with Gasteiger partial charge in [0.05, 0.1) is 18.1 Å². The lowest BCUT2D eigenvalue weighted by Crippen LogP contribution is -2.40. The van der Waals surface area contributed by atoms with Crippen LogP contribution < -0.4 is 11.5 Å². The molecule has 0 aliphatic carbocycles. The molecule has 3 nitrogen and oxygen atoms in total. The van der Waals surface area contributed by atoms with Gasteiger partial charge in [-0.2, -0.15) is 0 Å². The van der Waals surface area contributed by atoms with E-state index >= 15 is 0 Å². The lowest BCUT2D eigenvalue weighted by Gasteiger charge is -2.12. The fourth-order valence-corrected chi connectivity index (χ4v) is 0.893. The van der Waals surface area contributed by atoms with E-state index in [1.165, 1.54) is 0 Å². The number of halogens is 1. The maximum absolute atomic E-state index is 5.80. The van der Waals surface area contributed by atoms with Gasteiger partial charge in [-0.3, -0.25) is 0 Å². The molecule has 0 bridgehead atoms. The van der Waals surface area contributed by atoms with Crippen LogP contribution in [0.3, 0.4) is 0 Å². The number of alkyl halides is 1. The fourth-order valence-electron chi connectivity index (χ4n) is 0.645. The van der Waals surface area contributed by atoms with Gasteiger partial charge in [-0.25, -0.2) is 0 Å². The summed E-state index contributed by atoms with van der Waals surface area (Å²) in [6, 6.07) is -0.126. The molecule has 0 aromatic rings. The Morgan fingerprint density at radius 3 is 2.67 bits per heavy atom. The molecule has 1 heterocycles. The van der Waals surface area contributed by atoms with Crippen molar-refractivity contribution in [1.82, 2.24) is 0 Å². The lowest BCUT2D eigenvalue weighted by molar-refractivity contribution is 0.385. The summed E-state index contributed by atoms with van der Waals surface area (Å²) in [5, 5.41) is -0.102. The zero-order chi connectivity index (χ0) is 6.85. The van der Waals surface area contributed by atoms with Gasteiger partial charge in [-0.15, -0.1) is 11.6 Å². The Labute approximate surface area is 59.3 Å². The number of nitrogens with two attached hydrogens (primary N) is 2. The van der Waals surface area contributed by atoms with Gasteiger partial charge < -0.3 is 16.2 Å². The predicted octanol–water partition coefficient (Wildman–Crippen LogP) is -0.721. The molecule has 4 heteroatoms. The number of ether oxygens (including phenoxy) is 1. The average molecular weight is 151 g/mol. The molecule has 9 heavy (non-hydrogen) atoms. The van der Waals surface area contributed by atoms with Gasteiger partial charge in [0.2, 0.25) is 0 Å². The zero-order valence-corrected chi connectivity index (χ0v) is 5.84. The summed E-state index contributed by atoms with van der Waals surface area (Å²) in [6.07, 6.45) is 0.158. The van der Waals surface area contributed by atoms with Crippen LogP contribution in [0.4, 0.5) is 0 Å². The van der Waals surface area contributed by atoms with E-state index in [4.69, 9.17) is 27.8 Å². The van der Waals surface area contributed by atoms with Crippen molar-refractivity contribution >= 4 is 11.6 Å². The topological polar surface area (TPSA) is 64.6 Å². The van der Waals surface area contributed by atoms with Crippen LogP contribution >= 0.6 is 11.6 Å². The Balaban J connectivity index is 2.22. The van der Waals surface area contributed by atoms with Gasteiger partial charge in [0.25, 0.3) is 0 Å². The van der Waals surface area contributed by atoms with Crippen molar-refractivity contribution < 1.29 is 4.74 Å². The first-order valence-electron chi connectivity index (χ1n) is 2.97. The van der Waals surface area contributed by atoms with Gasteiger partial charge in [-0.1, -0.05) is 0 Å². The molecule has 1 saturated heterocycles. The van der Waals surface area contributed by atoms with E-state index in [1.54, 1.807) is 0 Å². The summed E-state index contributed by atoms with van der Waals surface area (Å²) in [7, 11) is 0. The van der Waals surface area contributed by atoms with Crippen LogP contribution in [-0.2, 0) is 4.74 Å². The van der Waals surface area contributed by atoms with Crippen molar-refractivity contribution in [2.24, 2.45) is 11.5 Å². The SMILES string of the molecule is NCC(N)C(Cl)C1CO1. The van der Waals surface area contributed by atoms with Crippen LogP contribution in [0.2, 0.25) is 0 Å². The van der Waals surface area contributed by atoms with Crippen LogP contribution in [-0.4, -0.2) is 30.7 Å². The third-order valence-corrected chi connectivity index (χ3v) is 2.00. The standard InChI is InChI=1S/C5H11ClN2O/c6-5(3(8)1-7)4-2-9-4/h3-5H,1-2,7-8H2. The van der Waals surface area contributed by atoms with E-state index in [2.05, 4.69) is 0 Å². The molecule has 1 fully saturated rings. The normalized spacial score (nSPS) is 31.7. The highest BCUT2D eigenvalue weighted by molar-refractivity contribution is 6.21. The minimum atomic E-state index is -0.126. The van der Waals surface area contributed by atoms with Crippen molar-refractivity contribution in [1.29, 1.82) is 0 Å². The summed E-state index contributed by atoms with van der Waals surface area (Å²) < 4.78 is 4.93. The maximum Gasteiger partial charge on any atom is 0.0988 e. The molecule has 1 aliphatic rings. The summed E-state index contributed by atoms with van der Waals surface area (Å²) in [5.41, 5.74) is 10.8. The summed E-state index contributed by atoms with van der Waals surface area (Å²) in [5.74, 6) is 0. The van der Waals surface area contributed by atoms with Crippen molar-refractivity contribution in [3.63, 3.8) is 0 Å². The van der Waals surface area contributed by atoms with Gasteiger partial charge in [-0.05, 0) is 0 Å². The number of epoxide rings is 1. The van der Waals surface area contributed by atoms with Crippen LogP contribution in [0.25, 0.3) is 0 Å². The summed E-state index contributed by atoms with van der Waals surface area (Å²) in [6.45, 7) is 1.16. The first kappa shape index (κ1) is 7.28. The molecule has 0 aromatic heterocycles. The van der Waals surface area contributed by atoms with Gasteiger partial charge in [0, 0.05) is 12.6 Å². The predicted molar refractivity (Wildman–Crippen MR) is 36.4 cm³/mol. The Hall–Kier alpha value is 0.170. The molecule has 0 radical (unpaired) electrons.